The lowest BCUT2D eigenvalue weighted by Crippen LogP contribution is -2.68. The van der Waals surface area contributed by atoms with Crippen molar-refractivity contribution in [2.75, 3.05) is 6.61 Å². The summed E-state index contributed by atoms with van der Waals surface area (Å²) in [6.45, 7) is 1.43. The number of hydrogen-bond acceptors (Lipinski definition) is 8. The fourth-order valence-electron chi connectivity index (χ4n) is 6.43. The van der Waals surface area contributed by atoms with Crippen LogP contribution in [0.25, 0.3) is 0 Å². The summed E-state index contributed by atoms with van der Waals surface area (Å²) < 4.78 is 8.46. The lowest BCUT2D eigenvalue weighted by Gasteiger charge is -2.50. The largest absolute Gasteiger partial charge is 0.457 e. The van der Waals surface area contributed by atoms with Crippen LogP contribution in [0.1, 0.15) is 29.3 Å². The molecule has 0 aliphatic carbocycles. The number of halogens is 3. The van der Waals surface area contributed by atoms with Gasteiger partial charge in [0.05, 0.1) is 18.1 Å². The smallest absolute Gasteiger partial charge is 0.414 e. The minimum absolute atomic E-state index is 0.0604. The van der Waals surface area contributed by atoms with Gasteiger partial charge in [0.1, 0.15) is 18.6 Å². The number of ether oxygens (including phenoxy) is 2. The molecule has 3 atom stereocenters. The molecule has 2 N–H and O–H groups in total. The normalized spacial score (nSPS) is 16.0. The first kappa shape index (κ1) is 40.5. The molecule has 14 heteroatoms. The van der Waals surface area contributed by atoms with E-state index in [2.05, 4.69) is 6.58 Å². The lowest BCUT2D eigenvalue weighted by molar-refractivity contribution is -0.157. The van der Waals surface area contributed by atoms with E-state index in [9.17, 15) is 29.1 Å². The van der Waals surface area contributed by atoms with Crippen molar-refractivity contribution >= 4 is 92.7 Å². The Hall–Kier alpha value is -4.70. The predicted octanol–water partition coefficient (Wildman–Crippen LogP) is 5.44. The van der Waals surface area contributed by atoms with Gasteiger partial charge in [-0.25, -0.2) is 9.59 Å². The molecule has 1 heterocycles. The quantitative estimate of drug-likeness (QED) is 0.0455. The average Bonchev–Trinajstić information content (AvgIpc) is 3.16. The molecule has 10 nitrogen and oxygen atoms in total. The third-order valence-electron chi connectivity index (χ3n) is 8.77. The summed E-state index contributed by atoms with van der Waals surface area (Å²) >= 11 is 16.5. The van der Waals surface area contributed by atoms with Gasteiger partial charge in [-0.2, -0.15) is 0 Å². The van der Waals surface area contributed by atoms with E-state index in [0.717, 1.165) is 15.9 Å². The van der Waals surface area contributed by atoms with Crippen LogP contribution in [0.4, 0.5) is 4.79 Å². The standard InChI is InChI=1S/C40H36Cl3N2O8P/c1-3-22-52-37(49)36(54(29-16-7-4-8-17-29,30-18-9-5-10-19-30)31-20-11-6-12-21-31)45-32(34(26(2)46)35(45)48)24-33(47)28-15-13-14-27(23-28)25-53-39(51)44-38(50)40(41,42)43/h3-21,23,26,32,34,46H,1,22,24-25H2,2H3,(H,44,50,51)/t26-,32-,34-/m1/s1. The monoisotopic (exact) mass is 808 g/mol. The summed E-state index contributed by atoms with van der Waals surface area (Å²) in [5.74, 6) is -3.93. The summed E-state index contributed by atoms with van der Waals surface area (Å²) in [6.07, 6.45) is -1.18. The fraction of sp³-hybridized carbons (Fsp3) is 0.200. The Morgan fingerprint density at radius 1 is 0.870 bits per heavy atom. The average molecular weight is 810 g/mol. The number of benzene rings is 4. The van der Waals surface area contributed by atoms with Gasteiger partial charge in [-0.1, -0.05) is 157 Å². The molecule has 3 amide bonds. The van der Waals surface area contributed by atoms with Crippen LogP contribution in [-0.2, 0) is 30.5 Å². The highest BCUT2D eigenvalue weighted by molar-refractivity contribution is 7.96. The van der Waals surface area contributed by atoms with E-state index >= 15 is 0 Å². The highest BCUT2D eigenvalue weighted by Crippen LogP contribution is 2.50. The van der Waals surface area contributed by atoms with Crippen LogP contribution in [0.2, 0.25) is 0 Å². The zero-order valence-corrected chi connectivity index (χ0v) is 32.1. The van der Waals surface area contributed by atoms with Gasteiger partial charge in [0, 0.05) is 18.9 Å². The molecule has 0 radical (unpaired) electrons. The van der Waals surface area contributed by atoms with Gasteiger partial charge < -0.3 is 19.5 Å². The van der Waals surface area contributed by atoms with Crippen molar-refractivity contribution in [1.82, 2.24) is 10.2 Å². The lowest BCUT2D eigenvalue weighted by atomic mass is 9.79. The highest BCUT2D eigenvalue weighted by Gasteiger charge is 2.55. The molecular formula is C40H36Cl3N2O8P. The first-order chi connectivity index (χ1) is 25.8. The van der Waals surface area contributed by atoms with Crippen LogP contribution in [0.3, 0.4) is 0 Å². The van der Waals surface area contributed by atoms with Crippen LogP contribution in [0.5, 0.6) is 0 Å². The third kappa shape index (κ3) is 8.65. The van der Waals surface area contributed by atoms with Crippen LogP contribution in [0.15, 0.2) is 128 Å². The van der Waals surface area contributed by atoms with E-state index in [1.807, 2.05) is 91.0 Å². The van der Waals surface area contributed by atoms with Crippen LogP contribution >= 0.6 is 41.7 Å². The third-order valence-corrected chi connectivity index (χ3v) is 13.5. The number of Topliss-reactive ketones (excluding diaryl/α,β-unsaturated/α-hetero) is 1. The molecule has 0 spiro atoms. The Morgan fingerprint density at radius 3 is 1.89 bits per heavy atom. The Bertz CT molecular complexity index is 1990. The van der Waals surface area contributed by atoms with Gasteiger partial charge in [0.15, 0.2) is 5.78 Å². The van der Waals surface area contributed by atoms with E-state index in [1.165, 1.54) is 24.0 Å². The van der Waals surface area contributed by atoms with Crippen molar-refractivity contribution < 1.29 is 38.6 Å². The van der Waals surface area contributed by atoms with Gasteiger partial charge in [0.2, 0.25) is 5.91 Å². The number of esters is 1. The molecule has 5 rings (SSSR count). The van der Waals surface area contributed by atoms with Gasteiger partial charge >= 0.3 is 12.1 Å². The summed E-state index contributed by atoms with van der Waals surface area (Å²) in [5, 5.41) is 15.0. The van der Waals surface area contributed by atoms with E-state index in [4.69, 9.17) is 44.3 Å². The molecule has 0 aromatic heterocycles. The Morgan fingerprint density at radius 2 is 1.41 bits per heavy atom. The van der Waals surface area contributed by atoms with Gasteiger partial charge in [-0.05, 0) is 34.5 Å². The van der Waals surface area contributed by atoms with Crippen molar-refractivity contribution in [2.45, 2.75) is 35.9 Å². The highest BCUT2D eigenvalue weighted by atomic mass is 35.6. The summed E-state index contributed by atoms with van der Waals surface area (Å²) in [4.78, 5) is 68.3. The molecule has 0 bridgehead atoms. The number of rotatable bonds is 13. The van der Waals surface area contributed by atoms with Crippen molar-refractivity contribution in [3.63, 3.8) is 0 Å². The van der Waals surface area contributed by atoms with E-state index in [1.54, 1.807) is 23.5 Å². The molecule has 280 valence electrons. The second-order valence-corrected chi connectivity index (χ2v) is 17.9. The number of aliphatic hydroxyl groups excluding tert-OH is 1. The number of carbonyl (C=O) groups is 5. The minimum atomic E-state index is -3.26. The number of likely N-dealkylation sites (tertiary alicyclic amines) is 1. The Kier molecular flexibility index (Phi) is 13.2. The van der Waals surface area contributed by atoms with Gasteiger partial charge in [-0.3, -0.25) is 19.7 Å². The number of alkyl carbamates (subject to hydrolysis) is 1. The first-order valence-electron chi connectivity index (χ1n) is 16.7. The van der Waals surface area contributed by atoms with Crippen LogP contribution in [0, 0.1) is 5.92 Å². The van der Waals surface area contributed by atoms with Gasteiger partial charge in [-0.15, -0.1) is 0 Å². The summed E-state index contributed by atoms with van der Waals surface area (Å²) in [5.41, 5.74) is 0.669. The number of aliphatic hydroxyl groups is 1. The van der Waals surface area contributed by atoms with Gasteiger partial charge in [0.25, 0.3) is 9.70 Å². The molecule has 0 unspecified atom stereocenters. The molecule has 4 aromatic carbocycles. The number of carbonyl (C=O) groups excluding carboxylic acids is 5. The molecule has 1 saturated heterocycles. The molecule has 4 aromatic rings. The Balaban J connectivity index is 1.63. The zero-order valence-electron chi connectivity index (χ0n) is 28.9. The summed E-state index contributed by atoms with van der Waals surface area (Å²) in [6, 6.07) is 33.5. The first-order valence-corrected chi connectivity index (χ1v) is 19.6. The Labute approximate surface area is 327 Å². The molecule has 1 aliphatic rings. The van der Waals surface area contributed by atoms with E-state index in [-0.39, 0.29) is 30.6 Å². The zero-order chi connectivity index (χ0) is 39.0. The number of amides is 3. The van der Waals surface area contributed by atoms with Crippen molar-refractivity contribution in [3.05, 3.63) is 139 Å². The molecule has 0 saturated carbocycles. The second-order valence-electron chi connectivity index (χ2n) is 12.3. The maximum atomic E-state index is 14.6. The number of hydrogen-bond donors (Lipinski definition) is 2. The number of β-lactam (4-membered cyclic amide) rings is 1. The molecule has 1 fully saturated rings. The second kappa shape index (κ2) is 17.6. The van der Waals surface area contributed by atoms with Crippen molar-refractivity contribution in [2.24, 2.45) is 5.92 Å². The minimum Gasteiger partial charge on any atom is -0.457 e. The van der Waals surface area contributed by atoms with E-state index < -0.39 is 58.4 Å². The van der Waals surface area contributed by atoms with Crippen molar-refractivity contribution in [1.29, 1.82) is 0 Å². The van der Waals surface area contributed by atoms with Crippen molar-refractivity contribution in [3.8, 4) is 0 Å². The number of alkyl halides is 3. The maximum absolute atomic E-state index is 14.6. The van der Waals surface area contributed by atoms with Crippen LogP contribution in [-0.4, -0.2) is 67.6 Å². The molecule has 1 aliphatic heterocycles. The van der Waals surface area contributed by atoms with E-state index in [0.29, 0.717) is 5.56 Å². The predicted molar refractivity (Wildman–Crippen MR) is 211 cm³/mol. The molecule has 54 heavy (non-hydrogen) atoms. The summed E-state index contributed by atoms with van der Waals surface area (Å²) in [7, 11) is 0. The fourth-order valence-corrected chi connectivity index (χ4v) is 11.0. The number of nitrogens with one attached hydrogen (secondary N) is 1. The number of imide groups is 1. The SMILES string of the molecule is C=CCOC(=O)C(N1C(=O)[C@H]([C@@H](C)O)[C@H]1CC(=O)c1cccc(COC(=O)NC(=O)C(Cl)(Cl)Cl)c1)=P(c1ccccc1)(c1ccccc1)c1ccccc1. The number of nitrogens with zero attached hydrogens (tertiary/aromatic N) is 1. The number of ketones is 1. The topological polar surface area (TPSA) is 139 Å². The van der Waals surface area contributed by atoms with Crippen LogP contribution < -0.4 is 21.2 Å². The molecular weight excluding hydrogens is 774 g/mol. The maximum Gasteiger partial charge on any atom is 0.414 e.